The number of hydrogen-bond acceptors (Lipinski definition) is 3. The molecule has 2 aromatic rings. The summed E-state index contributed by atoms with van der Waals surface area (Å²) in [4.78, 5) is 23.4. The molecule has 2 heterocycles. The van der Waals surface area contributed by atoms with Crippen molar-refractivity contribution >= 4 is 16.9 Å². The van der Waals surface area contributed by atoms with Gasteiger partial charge in [-0.05, 0) is 18.9 Å². The van der Waals surface area contributed by atoms with E-state index in [1.54, 1.807) is 16.8 Å². The minimum absolute atomic E-state index is 0.167. The lowest BCUT2D eigenvalue weighted by Crippen LogP contribution is -2.29. The van der Waals surface area contributed by atoms with E-state index in [9.17, 15) is 14.7 Å². The van der Waals surface area contributed by atoms with Gasteiger partial charge in [0.2, 0.25) is 0 Å². The van der Waals surface area contributed by atoms with Crippen molar-refractivity contribution < 1.29 is 9.90 Å². The summed E-state index contributed by atoms with van der Waals surface area (Å²) in [7, 11) is 0. The van der Waals surface area contributed by atoms with E-state index in [-0.39, 0.29) is 11.6 Å². The lowest BCUT2D eigenvalue weighted by atomic mass is 10.0. The molecular weight excluding hydrogens is 234 g/mol. The summed E-state index contributed by atoms with van der Waals surface area (Å²) in [5.41, 5.74) is 0.514. The van der Waals surface area contributed by atoms with Gasteiger partial charge in [-0.25, -0.2) is 0 Å². The van der Waals surface area contributed by atoms with E-state index < -0.39 is 11.9 Å². The maximum Gasteiger partial charge on any atom is 0.308 e. The Morgan fingerprint density at radius 1 is 1.50 bits per heavy atom. The van der Waals surface area contributed by atoms with Gasteiger partial charge >= 0.3 is 5.97 Å². The fourth-order valence-corrected chi connectivity index (χ4v) is 2.78. The number of nitrogens with one attached hydrogen (secondary N) is 1. The Morgan fingerprint density at radius 2 is 2.33 bits per heavy atom. The molecule has 0 amide bonds. The van der Waals surface area contributed by atoms with Crippen molar-refractivity contribution in [1.29, 1.82) is 0 Å². The summed E-state index contributed by atoms with van der Waals surface area (Å²) >= 11 is 0. The molecule has 0 aliphatic heterocycles. The van der Waals surface area contributed by atoms with Gasteiger partial charge in [0.25, 0.3) is 5.56 Å². The first-order chi connectivity index (χ1) is 8.68. The van der Waals surface area contributed by atoms with E-state index in [1.807, 2.05) is 0 Å². The minimum Gasteiger partial charge on any atom is -0.481 e. The van der Waals surface area contributed by atoms with Crippen LogP contribution in [-0.2, 0) is 4.79 Å². The van der Waals surface area contributed by atoms with Gasteiger partial charge in [0.1, 0.15) is 0 Å². The molecular formula is C12H13N3O3. The van der Waals surface area contributed by atoms with Gasteiger partial charge in [-0.2, -0.15) is 5.10 Å². The smallest absolute Gasteiger partial charge is 0.308 e. The fraction of sp³-hybridized carbons (Fsp3) is 0.417. The van der Waals surface area contributed by atoms with Gasteiger partial charge in [-0.3, -0.25) is 14.7 Å². The Labute approximate surface area is 102 Å². The van der Waals surface area contributed by atoms with Crippen LogP contribution in [0.3, 0.4) is 0 Å². The topological polar surface area (TPSA) is 88.0 Å². The third kappa shape index (κ3) is 1.53. The van der Waals surface area contributed by atoms with E-state index in [0.717, 1.165) is 12.8 Å². The molecule has 0 spiro atoms. The second-order valence-corrected chi connectivity index (χ2v) is 4.67. The number of carbonyl (C=O) groups is 1. The summed E-state index contributed by atoms with van der Waals surface area (Å²) in [6, 6.07) is 1.52. The highest BCUT2D eigenvalue weighted by atomic mass is 16.4. The van der Waals surface area contributed by atoms with Crippen LogP contribution in [0.25, 0.3) is 10.9 Å². The molecule has 0 radical (unpaired) electrons. The molecule has 3 rings (SSSR count). The largest absolute Gasteiger partial charge is 0.481 e. The normalized spacial score (nSPS) is 23.6. The standard InChI is InChI=1S/C12H13N3O3/c16-11-8-6-13-14-9(8)4-5-15(11)10-3-1-2-7(10)12(17)18/h4-7,10H,1-3H2,(H,13,14)(H,17,18). The van der Waals surface area contributed by atoms with Gasteiger partial charge in [0.15, 0.2) is 0 Å². The van der Waals surface area contributed by atoms with Crippen LogP contribution in [-0.4, -0.2) is 25.8 Å². The number of aliphatic carboxylic acids is 1. The number of aromatic nitrogens is 3. The number of carboxylic acid groups (broad SMARTS) is 1. The van der Waals surface area contributed by atoms with Gasteiger partial charge in [0, 0.05) is 12.2 Å². The highest BCUT2D eigenvalue weighted by Crippen LogP contribution is 2.35. The molecule has 1 aliphatic rings. The number of rotatable bonds is 2. The maximum atomic E-state index is 12.3. The lowest BCUT2D eigenvalue weighted by molar-refractivity contribution is -0.142. The van der Waals surface area contributed by atoms with Gasteiger partial charge in [0.05, 0.1) is 23.0 Å². The maximum absolute atomic E-state index is 12.3. The van der Waals surface area contributed by atoms with Gasteiger partial charge in [-0.15, -0.1) is 0 Å². The summed E-state index contributed by atoms with van der Waals surface area (Å²) in [6.07, 6.45) is 5.36. The molecule has 6 nitrogen and oxygen atoms in total. The van der Waals surface area contributed by atoms with Crippen LogP contribution in [0.4, 0.5) is 0 Å². The average molecular weight is 247 g/mol. The van der Waals surface area contributed by atoms with Crippen molar-refractivity contribution in [2.75, 3.05) is 0 Å². The second-order valence-electron chi connectivity index (χ2n) is 4.67. The Kier molecular flexibility index (Phi) is 2.43. The quantitative estimate of drug-likeness (QED) is 0.833. The molecule has 2 atom stereocenters. The van der Waals surface area contributed by atoms with Gasteiger partial charge in [-0.1, -0.05) is 6.42 Å². The molecule has 0 aromatic carbocycles. The molecule has 18 heavy (non-hydrogen) atoms. The van der Waals surface area contributed by atoms with Crippen LogP contribution in [0.2, 0.25) is 0 Å². The molecule has 2 unspecified atom stereocenters. The van der Waals surface area contributed by atoms with Crippen molar-refractivity contribution in [1.82, 2.24) is 14.8 Å². The molecule has 0 bridgehead atoms. The summed E-state index contributed by atoms with van der Waals surface area (Å²) in [5.74, 6) is -1.29. The molecule has 2 N–H and O–H groups in total. The van der Waals surface area contributed by atoms with Crippen LogP contribution in [0.1, 0.15) is 25.3 Å². The molecule has 1 aliphatic carbocycles. The molecule has 94 valence electrons. The highest BCUT2D eigenvalue weighted by molar-refractivity contribution is 5.76. The van der Waals surface area contributed by atoms with Crippen molar-refractivity contribution in [3.63, 3.8) is 0 Å². The fourth-order valence-electron chi connectivity index (χ4n) is 2.78. The first-order valence-electron chi connectivity index (χ1n) is 5.95. The molecule has 2 aromatic heterocycles. The first-order valence-corrected chi connectivity index (χ1v) is 5.95. The van der Waals surface area contributed by atoms with E-state index in [4.69, 9.17) is 0 Å². The molecule has 1 fully saturated rings. The number of fused-ring (bicyclic) bond motifs is 1. The zero-order valence-electron chi connectivity index (χ0n) is 9.67. The van der Waals surface area contributed by atoms with Crippen molar-refractivity contribution in [3.8, 4) is 0 Å². The Hall–Kier alpha value is -2.11. The summed E-state index contributed by atoms with van der Waals surface area (Å²) in [5, 5.41) is 16.2. The van der Waals surface area contributed by atoms with Crippen LogP contribution >= 0.6 is 0 Å². The van der Waals surface area contributed by atoms with E-state index in [0.29, 0.717) is 17.3 Å². The second kappa shape index (κ2) is 3.97. The van der Waals surface area contributed by atoms with Crippen molar-refractivity contribution in [3.05, 3.63) is 28.8 Å². The van der Waals surface area contributed by atoms with E-state index in [1.165, 1.54) is 6.20 Å². The predicted molar refractivity (Wildman–Crippen MR) is 64.4 cm³/mol. The zero-order chi connectivity index (χ0) is 12.7. The van der Waals surface area contributed by atoms with E-state index in [2.05, 4.69) is 10.2 Å². The number of aromatic amines is 1. The third-order valence-electron chi connectivity index (χ3n) is 3.69. The third-order valence-corrected chi connectivity index (χ3v) is 3.69. The zero-order valence-corrected chi connectivity index (χ0v) is 9.67. The monoisotopic (exact) mass is 247 g/mol. The predicted octanol–water partition coefficient (Wildman–Crippen LogP) is 1.15. The van der Waals surface area contributed by atoms with Crippen LogP contribution in [0, 0.1) is 5.92 Å². The lowest BCUT2D eigenvalue weighted by Gasteiger charge is -2.18. The first kappa shape index (κ1) is 11.0. The number of pyridine rings is 1. The van der Waals surface area contributed by atoms with Crippen molar-refractivity contribution in [2.45, 2.75) is 25.3 Å². The minimum atomic E-state index is -0.823. The number of carboxylic acids is 1. The van der Waals surface area contributed by atoms with E-state index >= 15 is 0 Å². The van der Waals surface area contributed by atoms with Gasteiger partial charge < -0.3 is 9.67 Å². The average Bonchev–Trinajstić information content (AvgIpc) is 2.97. The van der Waals surface area contributed by atoms with Crippen molar-refractivity contribution in [2.24, 2.45) is 5.92 Å². The Morgan fingerprint density at radius 3 is 3.11 bits per heavy atom. The van der Waals surface area contributed by atoms with Crippen LogP contribution in [0.5, 0.6) is 0 Å². The molecule has 0 saturated heterocycles. The highest BCUT2D eigenvalue weighted by Gasteiger charge is 2.34. The summed E-state index contributed by atoms with van der Waals surface area (Å²) < 4.78 is 1.55. The SMILES string of the molecule is O=C(O)C1CCCC1n1ccc2[nH]ncc2c1=O. The molecule has 6 heteroatoms. The van der Waals surface area contributed by atoms with Crippen LogP contribution in [0.15, 0.2) is 23.3 Å². The number of H-pyrrole nitrogens is 1. The number of hydrogen-bond donors (Lipinski definition) is 2. The van der Waals surface area contributed by atoms with Crippen LogP contribution < -0.4 is 5.56 Å². The number of nitrogens with zero attached hydrogens (tertiary/aromatic N) is 2. The Balaban J connectivity index is 2.11. The summed E-state index contributed by atoms with van der Waals surface area (Å²) in [6.45, 7) is 0. The Bertz CT molecular complexity index is 658. The molecule has 1 saturated carbocycles.